The molecule has 0 spiro atoms. The summed E-state index contributed by atoms with van der Waals surface area (Å²) in [5.74, 6) is -1.92. The highest BCUT2D eigenvalue weighted by molar-refractivity contribution is 7.91. The number of sulfonamides is 1. The third-order valence-electron chi connectivity index (χ3n) is 4.14. The van der Waals surface area contributed by atoms with Crippen molar-refractivity contribution in [1.82, 2.24) is 15.2 Å². The fourth-order valence-electron chi connectivity index (χ4n) is 2.39. The van der Waals surface area contributed by atoms with Crippen LogP contribution in [0.2, 0.25) is 0 Å². The van der Waals surface area contributed by atoms with Crippen molar-refractivity contribution in [2.45, 2.75) is 23.1 Å². The summed E-state index contributed by atoms with van der Waals surface area (Å²) in [6.45, 7) is 1.29. The van der Waals surface area contributed by atoms with Gasteiger partial charge in [-0.2, -0.15) is 4.31 Å². The van der Waals surface area contributed by atoms with Crippen molar-refractivity contribution < 1.29 is 26.4 Å². The minimum Gasteiger partial charge on any atom is -0.273 e. The maximum absolute atomic E-state index is 12.5. The van der Waals surface area contributed by atoms with Gasteiger partial charge in [-0.3, -0.25) is 20.4 Å². The van der Waals surface area contributed by atoms with Crippen LogP contribution < -0.4 is 10.9 Å². The van der Waals surface area contributed by atoms with Gasteiger partial charge in [0.05, 0.1) is 22.1 Å². The Kier molecular flexibility index (Phi) is 7.71. The Morgan fingerprint density at radius 1 is 0.833 bits per heavy atom. The molecule has 9 nitrogen and oxygen atoms in total. The average molecular weight is 454 g/mol. The van der Waals surface area contributed by atoms with Crippen molar-refractivity contribution in [2.24, 2.45) is 0 Å². The third-order valence-corrected chi connectivity index (χ3v) is 7.69. The molecule has 0 aromatic heterocycles. The van der Waals surface area contributed by atoms with Gasteiger partial charge < -0.3 is 0 Å². The molecule has 0 radical (unpaired) electrons. The molecule has 0 bridgehead atoms. The monoisotopic (exact) mass is 453 g/mol. The first-order chi connectivity index (χ1) is 14.0. The van der Waals surface area contributed by atoms with Gasteiger partial charge in [-0.25, -0.2) is 16.8 Å². The Morgan fingerprint density at radius 2 is 1.40 bits per heavy atom. The highest BCUT2D eigenvalue weighted by Crippen LogP contribution is 2.14. The summed E-state index contributed by atoms with van der Waals surface area (Å²) in [6.07, 6.45) is -0.366. The van der Waals surface area contributed by atoms with Gasteiger partial charge in [0.1, 0.15) is 0 Å². The van der Waals surface area contributed by atoms with Crippen LogP contribution in [0.15, 0.2) is 64.4 Å². The van der Waals surface area contributed by atoms with E-state index in [4.69, 9.17) is 0 Å². The zero-order valence-corrected chi connectivity index (χ0v) is 18.2. The van der Waals surface area contributed by atoms with E-state index in [0.29, 0.717) is 0 Å². The summed E-state index contributed by atoms with van der Waals surface area (Å²) >= 11 is 0. The second kappa shape index (κ2) is 9.83. The topological polar surface area (TPSA) is 130 Å². The number of rotatable bonds is 8. The maximum atomic E-state index is 12.5. The van der Waals surface area contributed by atoms with Gasteiger partial charge in [0, 0.05) is 13.5 Å². The minimum atomic E-state index is -3.87. The fourth-order valence-corrected chi connectivity index (χ4v) is 4.78. The molecule has 0 saturated heterocycles. The molecule has 0 atom stereocenters. The molecule has 2 rings (SSSR count). The van der Waals surface area contributed by atoms with Gasteiger partial charge in [0.15, 0.2) is 9.84 Å². The molecule has 2 N–H and O–H groups in total. The zero-order valence-electron chi connectivity index (χ0n) is 16.5. The average Bonchev–Trinajstić information content (AvgIpc) is 2.71. The second-order valence-corrected chi connectivity index (χ2v) is 10.7. The first-order valence-electron chi connectivity index (χ1n) is 8.91. The summed E-state index contributed by atoms with van der Waals surface area (Å²) in [4.78, 5) is 23.9. The summed E-state index contributed by atoms with van der Waals surface area (Å²) in [5, 5.41) is 0. The van der Waals surface area contributed by atoms with Crippen LogP contribution in [0.25, 0.3) is 0 Å². The van der Waals surface area contributed by atoms with Crippen LogP contribution >= 0.6 is 0 Å². The molecule has 11 heteroatoms. The van der Waals surface area contributed by atoms with Gasteiger partial charge in [-0.05, 0) is 31.2 Å². The molecule has 2 aromatic carbocycles. The van der Waals surface area contributed by atoms with Crippen LogP contribution in [0.5, 0.6) is 0 Å². The first kappa shape index (κ1) is 23.5. The van der Waals surface area contributed by atoms with Crippen LogP contribution in [-0.4, -0.2) is 52.3 Å². The molecular formula is C19H23N3O6S2. The van der Waals surface area contributed by atoms with E-state index < -0.39 is 44.0 Å². The van der Waals surface area contributed by atoms with Crippen molar-refractivity contribution in [3.05, 3.63) is 60.2 Å². The molecule has 0 aliphatic rings. The molecule has 0 heterocycles. The van der Waals surface area contributed by atoms with E-state index in [-0.39, 0.29) is 16.2 Å². The van der Waals surface area contributed by atoms with E-state index in [0.717, 1.165) is 9.87 Å². The van der Waals surface area contributed by atoms with E-state index in [9.17, 15) is 26.4 Å². The maximum Gasteiger partial charge on any atom is 0.253 e. The van der Waals surface area contributed by atoms with Crippen molar-refractivity contribution in [1.29, 1.82) is 0 Å². The Morgan fingerprint density at radius 3 is 2.00 bits per heavy atom. The molecule has 0 aliphatic carbocycles. The number of hydrazine groups is 1. The molecule has 162 valence electrons. The normalized spacial score (nSPS) is 11.8. The SMILES string of the molecule is Cc1ccc(S(=O)(=O)N(C)CC(=O)NNC(=O)CCS(=O)(=O)c2ccccc2)cc1. The number of aryl methyl sites for hydroxylation is 1. The van der Waals surface area contributed by atoms with Gasteiger partial charge in [-0.1, -0.05) is 35.9 Å². The molecule has 30 heavy (non-hydrogen) atoms. The number of amides is 2. The van der Waals surface area contributed by atoms with E-state index in [1.165, 1.54) is 31.3 Å². The largest absolute Gasteiger partial charge is 0.273 e. The molecule has 0 aliphatic heterocycles. The lowest BCUT2D eigenvalue weighted by Crippen LogP contribution is -2.47. The van der Waals surface area contributed by atoms with Gasteiger partial charge >= 0.3 is 0 Å². The quantitative estimate of drug-likeness (QED) is 0.564. The number of sulfone groups is 1. The molecule has 0 saturated carbocycles. The lowest BCUT2D eigenvalue weighted by molar-refractivity contribution is -0.128. The standard InChI is InChI=1S/C19H23N3O6S2/c1-15-8-10-17(11-9-15)30(27,28)22(2)14-19(24)21-20-18(23)12-13-29(25,26)16-6-4-3-5-7-16/h3-11H,12-14H2,1-2H3,(H,20,23)(H,21,24). The van der Waals surface area contributed by atoms with Crippen LogP contribution in [0, 0.1) is 6.92 Å². The van der Waals surface area contributed by atoms with Crippen LogP contribution in [0.1, 0.15) is 12.0 Å². The number of likely N-dealkylation sites (N-methyl/N-ethyl adjacent to an activating group) is 1. The number of carbonyl (C=O) groups excluding carboxylic acids is 2. The number of nitrogens with zero attached hydrogens (tertiary/aromatic N) is 1. The highest BCUT2D eigenvalue weighted by atomic mass is 32.2. The lowest BCUT2D eigenvalue weighted by atomic mass is 10.2. The molecule has 0 unspecified atom stereocenters. The summed E-state index contributed by atoms with van der Waals surface area (Å²) in [7, 11) is -6.26. The Balaban J connectivity index is 1.83. The minimum absolute atomic E-state index is 0.0403. The number of hydrogen-bond donors (Lipinski definition) is 2. The van der Waals surface area contributed by atoms with Crippen molar-refractivity contribution in [2.75, 3.05) is 19.3 Å². The molecular weight excluding hydrogens is 430 g/mol. The van der Waals surface area contributed by atoms with E-state index in [1.807, 2.05) is 6.92 Å². The third kappa shape index (κ3) is 6.37. The van der Waals surface area contributed by atoms with Crippen molar-refractivity contribution in [3.63, 3.8) is 0 Å². The Bertz CT molecular complexity index is 1100. The fraction of sp³-hybridized carbons (Fsp3) is 0.263. The van der Waals surface area contributed by atoms with E-state index >= 15 is 0 Å². The smallest absolute Gasteiger partial charge is 0.253 e. The number of carbonyl (C=O) groups is 2. The Labute approximate surface area is 176 Å². The molecule has 2 amide bonds. The van der Waals surface area contributed by atoms with Crippen molar-refractivity contribution in [3.8, 4) is 0 Å². The summed E-state index contributed by atoms with van der Waals surface area (Å²) in [5.41, 5.74) is 5.06. The van der Waals surface area contributed by atoms with E-state index in [2.05, 4.69) is 10.9 Å². The predicted molar refractivity (Wildman–Crippen MR) is 110 cm³/mol. The number of nitrogens with one attached hydrogen (secondary N) is 2. The van der Waals surface area contributed by atoms with Gasteiger partial charge in [-0.15, -0.1) is 0 Å². The van der Waals surface area contributed by atoms with Crippen molar-refractivity contribution >= 4 is 31.7 Å². The van der Waals surface area contributed by atoms with Gasteiger partial charge in [0.2, 0.25) is 15.9 Å². The molecule has 2 aromatic rings. The summed E-state index contributed by atoms with van der Waals surface area (Å²) in [6, 6.07) is 13.9. The second-order valence-electron chi connectivity index (χ2n) is 6.55. The highest BCUT2D eigenvalue weighted by Gasteiger charge is 2.23. The zero-order chi connectivity index (χ0) is 22.4. The van der Waals surface area contributed by atoms with Crippen LogP contribution in [0.4, 0.5) is 0 Å². The predicted octanol–water partition coefficient (Wildman–Crippen LogP) is 0.627. The lowest BCUT2D eigenvalue weighted by Gasteiger charge is -2.17. The first-order valence-corrected chi connectivity index (χ1v) is 12.0. The number of benzene rings is 2. The number of hydrogen-bond acceptors (Lipinski definition) is 6. The molecule has 0 fully saturated rings. The van der Waals surface area contributed by atoms with Crippen LogP contribution in [0.3, 0.4) is 0 Å². The van der Waals surface area contributed by atoms with E-state index in [1.54, 1.807) is 30.3 Å². The Hall–Kier alpha value is -2.76. The van der Waals surface area contributed by atoms with Crippen LogP contribution in [-0.2, 0) is 29.4 Å². The van der Waals surface area contributed by atoms with Gasteiger partial charge in [0.25, 0.3) is 5.91 Å². The summed E-state index contributed by atoms with van der Waals surface area (Å²) < 4.78 is 50.1.